The van der Waals surface area contributed by atoms with E-state index in [4.69, 9.17) is 5.11 Å². The Labute approximate surface area is 114 Å². The second kappa shape index (κ2) is 4.85. The summed E-state index contributed by atoms with van der Waals surface area (Å²) in [6, 6.07) is 4.58. The van der Waals surface area contributed by atoms with Gasteiger partial charge in [0.05, 0.1) is 17.4 Å². The van der Waals surface area contributed by atoms with Crippen LogP contribution in [0.15, 0.2) is 35.5 Å². The predicted molar refractivity (Wildman–Crippen MR) is 69.1 cm³/mol. The Balaban J connectivity index is 2.42. The van der Waals surface area contributed by atoms with Crippen LogP contribution in [-0.4, -0.2) is 34.4 Å². The molecule has 0 fully saturated rings. The van der Waals surface area contributed by atoms with Crippen molar-refractivity contribution in [3.05, 3.63) is 36.0 Å². The lowest BCUT2D eigenvalue weighted by Gasteiger charge is -2.10. The predicted octanol–water partition coefficient (Wildman–Crippen LogP) is 0.625. The number of hydrogen-bond donors (Lipinski definition) is 3. The van der Waals surface area contributed by atoms with E-state index >= 15 is 0 Å². The van der Waals surface area contributed by atoms with Gasteiger partial charge in [0.2, 0.25) is 0 Å². The molecule has 0 unspecified atom stereocenters. The Kier molecular flexibility index (Phi) is 3.36. The molecule has 1 aromatic heterocycles. The zero-order valence-corrected chi connectivity index (χ0v) is 11.1. The molecule has 0 aliphatic carbocycles. The molecule has 0 amide bonds. The van der Waals surface area contributed by atoms with Crippen molar-refractivity contribution < 1.29 is 23.4 Å². The first-order valence-corrected chi connectivity index (χ1v) is 6.87. The Hall–Kier alpha value is -2.55. The van der Waals surface area contributed by atoms with E-state index in [2.05, 4.69) is 9.82 Å². The average molecular weight is 297 g/mol. The van der Waals surface area contributed by atoms with Gasteiger partial charge in [0.1, 0.15) is 5.75 Å². The van der Waals surface area contributed by atoms with Crippen LogP contribution in [-0.2, 0) is 17.1 Å². The third-order valence-corrected chi connectivity index (χ3v) is 3.98. The molecule has 0 atom stereocenters. The molecular formula is C11H11N3O5S. The SMILES string of the molecule is Cn1nccc1S(=O)(=O)Nc1cc(C(=O)O)ccc1O. The van der Waals surface area contributed by atoms with Crippen molar-refractivity contribution in [1.82, 2.24) is 9.78 Å². The summed E-state index contributed by atoms with van der Waals surface area (Å²) in [4.78, 5) is 10.8. The third-order valence-electron chi connectivity index (χ3n) is 2.54. The number of carboxylic acids is 1. The molecule has 0 saturated carbocycles. The fraction of sp³-hybridized carbons (Fsp3) is 0.0909. The van der Waals surface area contributed by atoms with Crippen LogP contribution in [0.3, 0.4) is 0 Å². The van der Waals surface area contributed by atoms with Crippen molar-refractivity contribution in [3.63, 3.8) is 0 Å². The Bertz CT molecular complexity index is 766. The van der Waals surface area contributed by atoms with Gasteiger partial charge in [-0.25, -0.2) is 4.79 Å². The van der Waals surface area contributed by atoms with Gasteiger partial charge in [-0.2, -0.15) is 13.5 Å². The summed E-state index contributed by atoms with van der Waals surface area (Å²) >= 11 is 0. The van der Waals surface area contributed by atoms with Crippen LogP contribution in [0.2, 0.25) is 0 Å². The van der Waals surface area contributed by atoms with Gasteiger partial charge in [0, 0.05) is 7.05 Å². The molecule has 1 aromatic carbocycles. The molecule has 2 aromatic rings. The van der Waals surface area contributed by atoms with Gasteiger partial charge in [-0.1, -0.05) is 0 Å². The topological polar surface area (TPSA) is 122 Å². The van der Waals surface area contributed by atoms with E-state index in [-0.39, 0.29) is 22.0 Å². The summed E-state index contributed by atoms with van der Waals surface area (Å²) in [6.45, 7) is 0. The zero-order valence-electron chi connectivity index (χ0n) is 10.3. The van der Waals surface area contributed by atoms with E-state index < -0.39 is 16.0 Å². The van der Waals surface area contributed by atoms with Gasteiger partial charge in [-0.05, 0) is 24.3 Å². The first-order valence-electron chi connectivity index (χ1n) is 5.38. The number of benzene rings is 1. The molecule has 106 valence electrons. The second-order valence-corrected chi connectivity index (χ2v) is 5.56. The van der Waals surface area contributed by atoms with Crippen molar-refractivity contribution in [2.24, 2.45) is 7.05 Å². The number of sulfonamides is 1. The van der Waals surface area contributed by atoms with E-state index in [1.165, 1.54) is 25.4 Å². The smallest absolute Gasteiger partial charge is 0.335 e. The number of aromatic carboxylic acids is 1. The van der Waals surface area contributed by atoms with Crippen LogP contribution >= 0.6 is 0 Å². The highest BCUT2D eigenvalue weighted by molar-refractivity contribution is 7.92. The Morgan fingerprint density at radius 1 is 1.35 bits per heavy atom. The quantitative estimate of drug-likeness (QED) is 0.711. The molecule has 0 aliphatic rings. The summed E-state index contributed by atoms with van der Waals surface area (Å²) in [7, 11) is -2.52. The molecule has 1 heterocycles. The molecule has 9 heteroatoms. The minimum absolute atomic E-state index is 0.113. The summed E-state index contributed by atoms with van der Waals surface area (Å²) in [6.07, 6.45) is 1.31. The molecule has 0 spiro atoms. The van der Waals surface area contributed by atoms with Gasteiger partial charge in [0.15, 0.2) is 5.03 Å². The molecular weight excluding hydrogens is 286 g/mol. The van der Waals surface area contributed by atoms with Crippen LogP contribution in [0.5, 0.6) is 5.75 Å². The highest BCUT2D eigenvalue weighted by atomic mass is 32.2. The number of rotatable bonds is 4. The van der Waals surface area contributed by atoms with E-state index in [1.54, 1.807) is 0 Å². The summed E-state index contributed by atoms with van der Waals surface area (Å²) < 4.78 is 27.4. The van der Waals surface area contributed by atoms with E-state index in [1.807, 2.05) is 0 Å². The number of carboxylic acid groups (broad SMARTS) is 1. The maximum atomic E-state index is 12.1. The minimum Gasteiger partial charge on any atom is -0.506 e. The van der Waals surface area contributed by atoms with Crippen LogP contribution in [0.1, 0.15) is 10.4 Å². The van der Waals surface area contributed by atoms with Gasteiger partial charge in [-0.15, -0.1) is 0 Å². The van der Waals surface area contributed by atoms with Crippen LogP contribution in [0.4, 0.5) is 5.69 Å². The van der Waals surface area contributed by atoms with E-state index in [0.717, 1.165) is 16.8 Å². The second-order valence-electron chi connectivity index (χ2n) is 3.94. The molecule has 3 N–H and O–H groups in total. The highest BCUT2D eigenvalue weighted by Crippen LogP contribution is 2.26. The zero-order chi connectivity index (χ0) is 14.9. The lowest BCUT2D eigenvalue weighted by molar-refractivity contribution is 0.0697. The van der Waals surface area contributed by atoms with Gasteiger partial charge in [0.25, 0.3) is 10.0 Å². The van der Waals surface area contributed by atoms with Crippen molar-refractivity contribution in [2.45, 2.75) is 5.03 Å². The van der Waals surface area contributed by atoms with Crippen molar-refractivity contribution in [3.8, 4) is 5.75 Å². The molecule has 0 bridgehead atoms. The standard InChI is InChI=1S/C11H11N3O5S/c1-14-10(4-5-12-14)20(18,19)13-8-6-7(11(16)17)2-3-9(8)15/h2-6,13,15H,1H3,(H,16,17). The van der Waals surface area contributed by atoms with E-state index in [9.17, 15) is 18.3 Å². The maximum Gasteiger partial charge on any atom is 0.335 e. The number of nitrogens with one attached hydrogen (secondary N) is 1. The van der Waals surface area contributed by atoms with Gasteiger partial charge in [-0.3, -0.25) is 9.40 Å². The van der Waals surface area contributed by atoms with Crippen molar-refractivity contribution >= 4 is 21.7 Å². The number of aromatic hydroxyl groups is 1. The van der Waals surface area contributed by atoms with Crippen molar-refractivity contribution in [1.29, 1.82) is 0 Å². The van der Waals surface area contributed by atoms with E-state index in [0.29, 0.717) is 0 Å². The van der Waals surface area contributed by atoms with Crippen LogP contribution in [0, 0.1) is 0 Å². The number of aromatic nitrogens is 2. The summed E-state index contributed by atoms with van der Waals surface area (Å²) in [5.74, 6) is -1.60. The maximum absolute atomic E-state index is 12.1. The largest absolute Gasteiger partial charge is 0.506 e. The number of anilines is 1. The van der Waals surface area contributed by atoms with Gasteiger partial charge >= 0.3 is 5.97 Å². The number of phenolic OH excluding ortho intramolecular Hbond substituents is 1. The number of aryl methyl sites for hydroxylation is 1. The molecule has 0 radical (unpaired) electrons. The number of carbonyl (C=O) groups is 1. The molecule has 2 rings (SSSR count). The number of phenols is 1. The number of hydrogen-bond acceptors (Lipinski definition) is 5. The first kappa shape index (κ1) is 13.9. The van der Waals surface area contributed by atoms with Crippen molar-refractivity contribution in [2.75, 3.05) is 4.72 Å². The average Bonchev–Trinajstić information content (AvgIpc) is 2.78. The highest BCUT2D eigenvalue weighted by Gasteiger charge is 2.20. The van der Waals surface area contributed by atoms with Crippen LogP contribution < -0.4 is 4.72 Å². The minimum atomic E-state index is -3.97. The molecule has 8 nitrogen and oxygen atoms in total. The summed E-state index contributed by atoms with van der Waals surface area (Å²) in [5, 5.41) is 22.1. The van der Waals surface area contributed by atoms with Crippen LogP contribution in [0.25, 0.3) is 0 Å². The Morgan fingerprint density at radius 2 is 2.05 bits per heavy atom. The number of nitrogens with zero attached hydrogens (tertiary/aromatic N) is 2. The normalized spacial score (nSPS) is 11.2. The third kappa shape index (κ3) is 2.57. The van der Waals surface area contributed by atoms with Gasteiger partial charge < -0.3 is 10.2 Å². The lowest BCUT2D eigenvalue weighted by Crippen LogP contribution is -2.17. The first-order chi connectivity index (χ1) is 9.31. The molecule has 0 saturated heterocycles. The Morgan fingerprint density at radius 3 is 2.60 bits per heavy atom. The molecule has 0 aliphatic heterocycles. The summed E-state index contributed by atoms with van der Waals surface area (Å²) in [5.41, 5.74) is -0.364. The fourth-order valence-corrected chi connectivity index (χ4v) is 2.77. The lowest BCUT2D eigenvalue weighted by atomic mass is 10.2. The molecule has 20 heavy (non-hydrogen) atoms. The fourth-order valence-electron chi connectivity index (χ4n) is 1.57. The monoisotopic (exact) mass is 297 g/mol.